The molecule has 0 saturated carbocycles. The summed E-state index contributed by atoms with van der Waals surface area (Å²) in [4.78, 5) is 6.25. The molecule has 1 aliphatic rings. The molecule has 1 saturated heterocycles. The van der Waals surface area contributed by atoms with E-state index in [0.29, 0.717) is 12.4 Å². The Kier molecular flexibility index (Phi) is 5.01. The van der Waals surface area contributed by atoms with Crippen molar-refractivity contribution in [2.75, 3.05) is 41.4 Å². The molecule has 0 atom stereocenters. The van der Waals surface area contributed by atoms with Crippen molar-refractivity contribution in [3.63, 3.8) is 0 Å². The van der Waals surface area contributed by atoms with Gasteiger partial charge in [-0.3, -0.25) is 0 Å². The number of rotatable bonds is 3. The van der Waals surface area contributed by atoms with Gasteiger partial charge in [0.25, 0.3) is 0 Å². The topological polar surface area (TPSA) is 28.2 Å². The zero-order valence-electron chi connectivity index (χ0n) is 11.3. The smallest absolute Gasteiger partial charge is 0.370 e. The molecule has 20 heavy (non-hydrogen) atoms. The van der Waals surface area contributed by atoms with Crippen molar-refractivity contribution in [1.29, 1.82) is 0 Å². The zero-order valence-corrected chi connectivity index (χ0v) is 12.2. The monoisotopic (exact) mass is 305 g/mol. The number of thioether (sulfide) groups is 1. The second-order valence-electron chi connectivity index (χ2n) is 4.58. The summed E-state index contributed by atoms with van der Waals surface area (Å²) in [5, 5.41) is 2.87. The van der Waals surface area contributed by atoms with E-state index in [0.717, 1.165) is 43.1 Å². The van der Waals surface area contributed by atoms with E-state index in [4.69, 9.17) is 0 Å². The van der Waals surface area contributed by atoms with Gasteiger partial charge in [-0.1, -0.05) is 0 Å². The molecule has 0 spiro atoms. The fraction of sp³-hybridized carbons (Fsp3) is 0.615. The lowest BCUT2D eigenvalue weighted by Crippen LogP contribution is -2.27. The molecule has 0 bridgehead atoms. The summed E-state index contributed by atoms with van der Waals surface area (Å²) in [5.74, 6) is 2.68. The van der Waals surface area contributed by atoms with Gasteiger partial charge in [0, 0.05) is 25.4 Å². The SMILES string of the molecule is CCNc1cc(C(F)(F)F)cc(N2CCCSCC2)n1. The summed E-state index contributed by atoms with van der Waals surface area (Å²) in [6, 6.07) is 2.22. The minimum absolute atomic E-state index is 0.286. The molecule has 0 aliphatic carbocycles. The van der Waals surface area contributed by atoms with Gasteiger partial charge in [0.05, 0.1) is 5.56 Å². The number of nitrogens with zero attached hydrogens (tertiary/aromatic N) is 2. The van der Waals surface area contributed by atoms with Gasteiger partial charge in [-0.2, -0.15) is 24.9 Å². The molecular formula is C13H18F3N3S. The minimum atomic E-state index is -4.34. The second-order valence-corrected chi connectivity index (χ2v) is 5.81. The van der Waals surface area contributed by atoms with Crippen LogP contribution in [-0.4, -0.2) is 36.1 Å². The molecule has 2 rings (SSSR count). The Morgan fingerprint density at radius 3 is 2.80 bits per heavy atom. The van der Waals surface area contributed by atoms with E-state index >= 15 is 0 Å². The summed E-state index contributed by atoms with van der Waals surface area (Å²) in [7, 11) is 0. The summed E-state index contributed by atoms with van der Waals surface area (Å²) in [5.41, 5.74) is -0.643. The van der Waals surface area contributed by atoms with Crippen LogP contribution in [-0.2, 0) is 6.18 Å². The third-order valence-corrected chi connectivity index (χ3v) is 4.09. The van der Waals surface area contributed by atoms with Crippen LogP contribution in [0.2, 0.25) is 0 Å². The Balaban J connectivity index is 2.32. The molecule has 0 unspecified atom stereocenters. The first-order valence-electron chi connectivity index (χ1n) is 6.66. The van der Waals surface area contributed by atoms with Crippen LogP contribution < -0.4 is 10.2 Å². The van der Waals surface area contributed by atoms with Crippen molar-refractivity contribution in [2.24, 2.45) is 0 Å². The van der Waals surface area contributed by atoms with Gasteiger partial charge in [0.2, 0.25) is 0 Å². The van der Waals surface area contributed by atoms with E-state index in [9.17, 15) is 13.2 Å². The quantitative estimate of drug-likeness (QED) is 0.925. The van der Waals surface area contributed by atoms with E-state index in [1.165, 1.54) is 0 Å². The highest BCUT2D eigenvalue weighted by atomic mass is 32.2. The highest BCUT2D eigenvalue weighted by Gasteiger charge is 2.32. The molecular weight excluding hydrogens is 287 g/mol. The first-order valence-corrected chi connectivity index (χ1v) is 7.82. The Morgan fingerprint density at radius 1 is 1.30 bits per heavy atom. The predicted octanol–water partition coefficient (Wildman–Crippen LogP) is 3.48. The first kappa shape index (κ1) is 15.3. The van der Waals surface area contributed by atoms with Gasteiger partial charge in [0.1, 0.15) is 11.6 Å². The van der Waals surface area contributed by atoms with E-state index < -0.39 is 11.7 Å². The van der Waals surface area contributed by atoms with Gasteiger partial charge < -0.3 is 10.2 Å². The molecule has 0 radical (unpaired) electrons. The minimum Gasteiger partial charge on any atom is -0.370 e. The maximum Gasteiger partial charge on any atom is 0.416 e. The number of alkyl halides is 3. The molecule has 1 fully saturated rings. The molecule has 1 aromatic heterocycles. The van der Waals surface area contributed by atoms with Crippen LogP contribution in [0.25, 0.3) is 0 Å². The van der Waals surface area contributed by atoms with E-state index in [2.05, 4.69) is 10.3 Å². The molecule has 1 N–H and O–H groups in total. The van der Waals surface area contributed by atoms with E-state index in [1.54, 1.807) is 0 Å². The first-order chi connectivity index (χ1) is 9.50. The van der Waals surface area contributed by atoms with Crippen LogP contribution in [0.4, 0.5) is 24.8 Å². The van der Waals surface area contributed by atoms with Crippen molar-refractivity contribution >= 4 is 23.4 Å². The molecule has 3 nitrogen and oxygen atoms in total. The van der Waals surface area contributed by atoms with Crippen LogP contribution in [0.3, 0.4) is 0 Å². The van der Waals surface area contributed by atoms with Gasteiger partial charge >= 0.3 is 6.18 Å². The number of hydrogen-bond donors (Lipinski definition) is 1. The van der Waals surface area contributed by atoms with Crippen LogP contribution >= 0.6 is 11.8 Å². The molecule has 0 aromatic carbocycles. The molecule has 1 aromatic rings. The average molecular weight is 305 g/mol. The summed E-state index contributed by atoms with van der Waals surface area (Å²) >= 11 is 1.83. The number of anilines is 2. The Hall–Kier alpha value is -1.11. The zero-order chi connectivity index (χ0) is 14.6. The molecule has 0 amide bonds. The van der Waals surface area contributed by atoms with Crippen LogP contribution in [0, 0.1) is 0 Å². The van der Waals surface area contributed by atoms with Crippen molar-refractivity contribution in [2.45, 2.75) is 19.5 Å². The van der Waals surface area contributed by atoms with Gasteiger partial charge in [-0.15, -0.1) is 0 Å². The molecule has 2 heterocycles. The highest BCUT2D eigenvalue weighted by Crippen LogP contribution is 2.33. The van der Waals surface area contributed by atoms with Crippen LogP contribution in [0.1, 0.15) is 18.9 Å². The maximum atomic E-state index is 13.0. The highest BCUT2D eigenvalue weighted by molar-refractivity contribution is 7.99. The lowest BCUT2D eigenvalue weighted by atomic mass is 10.2. The maximum absolute atomic E-state index is 13.0. The fourth-order valence-corrected chi connectivity index (χ4v) is 2.98. The van der Waals surface area contributed by atoms with Gasteiger partial charge in [-0.25, -0.2) is 4.98 Å². The Bertz CT molecular complexity index is 443. The molecule has 1 aliphatic heterocycles. The summed E-state index contributed by atoms with van der Waals surface area (Å²) in [6.45, 7) is 3.88. The lowest BCUT2D eigenvalue weighted by Gasteiger charge is -2.23. The normalized spacial score (nSPS) is 16.9. The predicted molar refractivity (Wildman–Crippen MR) is 77.6 cm³/mol. The standard InChI is InChI=1S/C13H18F3N3S/c1-2-17-11-8-10(13(14,15)16)9-12(18-11)19-4-3-6-20-7-5-19/h8-9H,2-7H2,1H3,(H,17,18). The number of hydrogen-bond acceptors (Lipinski definition) is 4. The van der Waals surface area contributed by atoms with E-state index in [1.807, 2.05) is 23.6 Å². The van der Waals surface area contributed by atoms with Crippen molar-refractivity contribution in [1.82, 2.24) is 4.98 Å². The van der Waals surface area contributed by atoms with Crippen molar-refractivity contribution in [3.8, 4) is 0 Å². The lowest BCUT2D eigenvalue weighted by molar-refractivity contribution is -0.137. The number of halogens is 3. The van der Waals surface area contributed by atoms with Gasteiger partial charge in [0.15, 0.2) is 0 Å². The second kappa shape index (κ2) is 6.56. The largest absolute Gasteiger partial charge is 0.416 e. The Morgan fingerprint density at radius 2 is 2.10 bits per heavy atom. The van der Waals surface area contributed by atoms with Crippen LogP contribution in [0.15, 0.2) is 12.1 Å². The number of pyridine rings is 1. The number of aromatic nitrogens is 1. The summed E-state index contributed by atoms with van der Waals surface area (Å²) < 4.78 is 38.9. The third kappa shape index (κ3) is 3.94. The van der Waals surface area contributed by atoms with E-state index in [-0.39, 0.29) is 5.82 Å². The molecule has 7 heteroatoms. The number of nitrogens with one attached hydrogen (secondary N) is 1. The third-order valence-electron chi connectivity index (χ3n) is 3.04. The van der Waals surface area contributed by atoms with Crippen molar-refractivity contribution in [3.05, 3.63) is 17.7 Å². The molecule has 112 valence electrons. The van der Waals surface area contributed by atoms with Gasteiger partial charge in [-0.05, 0) is 31.2 Å². The summed E-state index contributed by atoms with van der Waals surface area (Å²) in [6.07, 6.45) is -3.37. The van der Waals surface area contributed by atoms with Crippen LogP contribution in [0.5, 0.6) is 0 Å². The van der Waals surface area contributed by atoms with Crippen molar-refractivity contribution < 1.29 is 13.2 Å². The fourth-order valence-electron chi connectivity index (χ4n) is 2.09. The average Bonchev–Trinajstić information content (AvgIpc) is 2.66. The Labute approximate surface area is 120 Å².